The zero-order chi connectivity index (χ0) is 18.2. The van der Waals surface area contributed by atoms with E-state index in [0.29, 0.717) is 5.75 Å². The fourth-order valence-corrected chi connectivity index (χ4v) is 2.16. The molecule has 0 radical (unpaired) electrons. The predicted molar refractivity (Wildman–Crippen MR) is 99.5 cm³/mol. The van der Waals surface area contributed by atoms with Crippen LogP contribution in [0.5, 0.6) is 5.75 Å². The zero-order valence-electron chi connectivity index (χ0n) is 13.3. The molecule has 128 valence electrons. The maximum Gasteiger partial charge on any atom is 0.271 e. The second-order valence-corrected chi connectivity index (χ2v) is 5.24. The third-order valence-corrected chi connectivity index (χ3v) is 3.31. The number of rotatable bonds is 5. The molecule has 0 saturated carbocycles. The van der Waals surface area contributed by atoms with E-state index in [1.54, 1.807) is 6.08 Å². The number of nitrogens with one attached hydrogen (secondary N) is 2. The molecule has 25 heavy (non-hydrogen) atoms. The Kier molecular flexibility index (Phi) is 6.19. The lowest BCUT2D eigenvalue weighted by atomic mass is 10.2. The number of ether oxygens (including phenoxy) is 1. The van der Waals surface area contributed by atoms with E-state index in [2.05, 4.69) is 10.6 Å². The van der Waals surface area contributed by atoms with Gasteiger partial charge in [0.25, 0.3) is 5.69 Å². The number of carbonyl (C=O) groups is 1. The number of hydrogen-bond donors (Lipinski definition) is 2. The number of amides is 1. The normalized spacial score (nSPS) is 10.3. The van der Waals surface area contributed by atoms with Crippen LogP contribution in [0.2, 0.25) is 0 Å². The molecule has 2 aromatic rings. The van der Waals surface area contributed by atoms with Crippen molar-refractivity contribution in [2.45, 2.75) is 0 Å². The zero-order valence-corrected chi connectivity index (χ0v) is 14.1. The summed E-state index contributed by atoms with van der Waals surface area (Å²) in [7, 11) is 1.43. The molecule has 0 spiro atoms. The minimum Gasteiger partial charge on any atom is -0.495 e. The molecular formula is C17H15N3O4S. The van der Waals surface area contributed by atoms with Crippen LogP contribution in [0, 0.1) is 10.1 Å². The fraction of sp³-hybridized carbons (Fsp3) is 0.0588. The third kappa shape index (κ3) is 5.40. The minimum atomic E-state index is -0.533. The molecule has 2 aromatic carbocycles. The highest BCUT2D eigenvalue weighted by Gasteiger charge is 2.12. The van der Waals surface area contributed by atoms with Gasteiger partial charge in [-0.25, -0.2) is 0 Å². The van der Waals surface area contributed by atoms with Crippen molar-refractivity contribution in [3.63, 3.8) is 0 Å². The van der Waals surface area contributed by atoms with E-state index in [-0.39, 0.29) is 16.5 Å². The van der Waals surface area contributed by atoms with Gasteiger partial charge in [0.15, 0.2) is 5.11 Å². The number of nitrogens with zero attached hydrogens (tertiary/aromatic N) is 1. The Labute approximate surface area is 149 Å². The van der Waals surface area contributed by atoms with E-state index in [1.807, 2.05) is 30.3 Å². The van der Waals surface area contributed by atoms with Gasteiger partial charge in [-0.2, -0.15) is 0 Å². The Hall–Kier alpha value is -3.26. The predicted octanol–water partition coefficient (Wildman–Crippen LogP) is 3.13. The van der Waals surface area contributed by atoms with Gasteiger partial charge in [0.05, 0.1) is 17.7 Å². The first-order chi connectivity index (χ1) is 12.0. The van der Waals surface area contributed by atoms with Gasteiger partial charge in [0, 0.05) is 18.2 Å². The highest BCUT2D eigenvalue weighted by molar-refractivity contribution is 7.80. The highest BCUT2D eigenvalue weighted by atomic mass is 32.1. The lowest BCUT2D eigenvalue weighted by Gasteiger charge is -2.11. The summed E-state index contributed by atoms with van der Waals surface area (Å²) < 4.78 is 5.12. The summed E-state index contributed by atoms with van der Waals surface area (Å²) in [4.78, 5) is 22.2. The molecule has 0 atom stereocenters. The molecule has 0 aliphatic rings. The maximum absolute atomic E-state index is 11.9. The smallest absolute Gasteiger partial charge is 0.271 e. The van der Waals surface area contributed by atoms with Crippen molar-refractivity contribution >= 4 is 40.7 Å². The first-order valence-corrected chi connectivity index (χ1v) is 7.58. The number of thiocarbonyl (C=S) groups is 1. The summed E-state index contributed by atoms with van der Waals surface area (Å²) in [6.07, 6.45) is 2.99. The van der Waals surface area contributed by atoms with Crippen LogP contribution in [0.25, 0.3) is 6.08 Å². The van der Waals surface area contributed by atoms with Gasteiger partial charge in [0.2, 0.25) is 5.91 Å². The molecule has 0 aliphatic heterocycles. The molecular weight excluding hydrogens is 342 g/mol. The van der Waals surface area contributed by atoms with Crippen molar-refractivity contribution in [3.8, 4) is 5.75 Å². The Morgan fingerprint density at radius 2 is 1.96 bits per heavy atom. The molecule has 0 fully saturated rings. The Morgan fingerprint density at radius 1 is 1.24 bits per heavy atom. The van der Waals surface area contributed by atoms with E-state index in [0.717, 1.165) is 5.56 Å². The van der Waals surface area contributed by atoms with Crippen LogP contribution in [-0.4, -0.2) is 23.1 Å². The highest BCUT2D eigenvalue weighted by Crippen LogP contribution is 2.28. The topological polar surface area (TPSA) is 93.5 Å². The number of benzene rings is 2. The summed E-state index contributed by atoms with van der Waals surface area (Å²) in [5.41, 5.74) is 1.03. The van der Waals surface area contributed by atoms with Gasteiger partial charge >= 0.3 is 0 Å². The number of nitro groups is 1. The number of hydrogen-bond acceptors (Lipinski definition) is 5. The van der Waals surface area contributed by atoms with Gasteiger partial charge < -0.3 is 10.1 Å². The van der Waals surface area contributed by atoms with E-state index in [9.17, 15) is 14.9 Å². The molecule has 1 amide bonds. The van der Waals surface area contributed by atoms with Crippen molar-refractivity contribution in [2.24, 2.45) is 0 Å². The Bertz CT molecular complexity index is 822. The van der Waals surface area contributed by atoms with Crippen LogP contribution < -0.4 is 15.4 Å². The number of methoxy groups -OCH3 is 1. The average molecular weight is 357 g/mol. The number of anilines is 1. The summed E-state index contributed by atoms with van der Waals surface area (Å²) in [6.45, 7) is 0. The molecule has 0 saturated heterocycles. The first kappa shape index (κ1) is 18.1. The van der Waals surface area contributed by atoms with Gasteiger partial charge in [-0.15, -0.1) is 0 Å². The summed E-state index contributed by atoms with van der Waals surface area (Å²) in [6, 6.07) is 13.3. The van der Waals surface area contributed by atoms with Crippen LogP contribution in [0.3, 0.4) is 0 Å². The third-order valence-electron chi connectivity index (χ3n) is 3.11. The SMILES string of the molecule is COc1ccc([N+](=O)[O-])cc1NC(=S)NC(=O)C=Cc1ccccc1. The summed E-state index contributed by atoms with van der Waals surface area (Å²) in [5, 5.41) is 16.1. The van der Waals surface area contributed by atoms with Crippen LogP contribution in [0.4, 0.5) is 11.4 Å². The minimum absolute atomic E-state index is 0.00140. The quantitative estimate of drug-likeness (QED) is 0.370. The number of nitro benzene ring substituents is 1. The van der Waals surface area contributed by atoms with Gasteiger partial charge in [-0.1, -0.05) is 30.3 Å². The maximum atomic E-state index is 11.9. The summed E-state index contributed by atoms with van der Waals surface area (Å²) in [5.74, 6) is -0.0622. The van der Waals surface area contributed by atoms with Gasteiger partial charge in [-0.05, 0) is 29.9 Å². The van der Waals surface area contributed by atoms with E-state index in [4.69, 9.17) is 17.0 Å². The largest absolute Gasteiger partial charge is 0.495 e. The van der Waals surface area contributed by atoms with Crippen molar-refractivity contribution < 1.29 is 14.5 Å². The molecule has 0 aromatic heterocycles. The second-order valence-electron chi connectivity index (χ2n) is 4.83. The van der Waals surface area contributed by atoms with Crippen molar-refractivity contribution in [1.82, 2.24) is 5.32 Å². The molecule has 0 unspecified atom stereocenters. The van der Waals surface area contributed by atoms with Gasteiger partial charge in [-0.3, -0.25) is 20.2 Å². The van der Waals surface area contributed by atoms with E-state index < -0.39 is 10.8 Å². The van der Waals surface area contributed by atoms with Crippen molar-refractivity contribution in [2.75, 3.05) is 12.4 Å². The van der Waals surface area contributed by atoms with Crippen LogP contribution in [0.1, 0.15) is 5.56 Å². The van der Waals surface area contributed by atoms with E-state index >= 15 is 0 Å². The van der Waals surface area contributed by atoms with E-state index in [1.165, 1.54) is 31.4 Å². The monoisotopic (exact) mass is 357 g/mol. The molecule has 2 rings (SSSR count). The number of carbonyl (C=O) groups excluding carboxylic acids is 1. The second kappa shape index (κ2) is 8.55. The standard InChI is InChI=1S/C17H15N3O4S/c1-24-15-9-8-13(20(22)23)11-14(15)18-17(25)19-16(21)10-7-12-5-3-2-4-6-12/h2-11H,1H3,(H2,18,19,21,25). The van der Waals surface area contributed by atoms with Gasteiger partial charge in [0.1, 0.15) is 5.75 Å². The molecule has 8 heteroatoms. The molecule has 2 N–H and O–H groups in total. The van der Waals surface area contributed by atoms with Crippen molar-refractivity contribution in [3.05, 3.63) is 70.3 Å². The fourth-order valence-electron chi connectivity index (χ4n) is 1.95. The molecule has 0 aliphatic carbocycles. The lowest BCUT2D eigenvalue weighted by molar-refractivity contribution is -0.384. The van der Waals surface area contributed by atoms with Crippen molar-refractivity contribution in [1.29, 1.82) is 0 Å². The summed E-state index contributed by atoms with van der Waals surface area (Å²) >= 11 is 5.06. The Balaban J connectivity index is 2.02. The first-order valence-electron chi connectivity index (χ1n) is 7.17. The van der Waals surface area contributed by atoms with Crippen LogP contribution in [-0.2, 0) is 4.79 Å². The molecule has 0 heterocycles. The van der Waals surface area contributed by atoms with Crippen LogP contribution in [0.15, 0.2) is 54.6 Å². The Morgan fingerprint density at radius 3 is 2.60 bits per heavy atom. The molecule has 0 bridgehead atoms. The van der Waals surface area contributed by atoms with Crippen LogP contribution >= 0.6 is 12.2 Å². The molecule has 7 nitrogen and oxygen atoms in total. The number of non-ortho nitro benzene ring substituents is 1. The lowest BCUT2D eigenvalue weighted by Crippen LogP contribution is -2.32. The average Bonchev–Trinajstić information content (AvgIpc) is 2.60.